The molecule has 0 bridgehead atoms. The normalized spacial score (nSPS) is 14.2. The van der Waals surface area contributed by atoms with Crippen molar-refractivity contribution in [3.63, 3.8) is 0 Å². The van der Waals surface area contributed by atoms with Gasteiger partial charge in [0.1, 0.15) is 0 Å². The summed E-state index contributed by atoms with van der Waals surface area (Å²) in [4.78, 5) is 13.0. The van der Waals surface area contributed by atoms with Crippen molar-refractivity contribution in [1.82, 2.24) is 20.2 Å². The minimum absolute atomic E-state index is 0.0226. The van der Waals surface area contributed by atoms with E-state index in [1.54, 1.807) is 28.9 Å². The zero-order valence-electron chi connectivity index (χ0n) is 16.1. The highest BCUT2D eigenvalue weighted by atomic mass is 32.2. The fourth-order valence-electron chi connectivity index (χ4n) is 2.77. The molecule has 1 fully saturated rings. The molecule has 0 spiro atoms. The number of amides is 1. The minimum atomic E-state index is -4.53. The Hall–Kier alpha value is -3.21. The minimum Gasteiger partial charge on any atom is -0.272 e. The smallest absolute Gasteiger partial charge is 0.272 e. The predicted octanol–water partition coefficient (Wildman–Crippen LogP) is 4.19. The molecule has 11 heteroatoms. The fraction of sp³-hybridized carbons (Fsp3) is 0.250. The van der Waals surface area contributed by atoms with E-state index in [9.17, 15) is 18.0 Å². The van der Waals surface area contributed by atoms with Crippen LogP contribution in [0.15, 0.2) is 64.9 Å². The first kappa shape index (κ1) is 21.0. The van der Waals surface area contributed by atoms with Crippen LogP contribution in [0.4, 0.5) is 18.9 Å². The Morgan fingerprint density at radius 3 is 2.68 bits per heavy atom. The van der Waals surface area contributed by atoms with Crippen LogP contribution < -0.4 is 5.01 Å². The number of carbonyl (C=O) groups is 1. The lowest BCUT2D eigenvalue weighted by atomic mass is 10.2. The highest BCUT2D eigenvalue weighted by Crippen LogP contribution is 2.36. The van der Waals surface area contributed by atoms with Gasteiger partial charge in [-0.25, -0.2) is 9.69 Å². The van der Waals surface area contributed by atoms with Crippen LogP contribution in [0, 0.1) is 0 Å². The van der Waals surface area contributed by atoms with Crippen LogP contribution in [0.5, 0.6) is 0 Å². The molecule has 0 atom stereocenters. The van der Waals surface area contributed by atoms with E-state index in [2.05, 4.69) is 20.6 Å². The molecule has 31 heavy (non-hydrogen) atoms. The second-order valence-electron chi connectivity index (χ2n) is 6.83. The van der Waals surface area contributed by atoms with E-state index in [-0.39, 0.29) is 17.5 Å². The molecule has 0 N–H and O–H groups in total. The third-order valence-electron chi connectivity index (χ3n) is 4.46. The summed E-state index contributed by atoms with van der Waals surface area (Å²) in [6.07, 6.45) is -1.15. The highest BCUT2D eigenvalue weighted by molar-refractivity contribution is 7.99. The molecular weight excluding hydrogens is 429 g/mol. The number of aromatic nitrogens is 4. The van der Waals surface area contributed by atoms with Gasteiger partial charge in [0.25, 0.3) is 5.91 Å². The second kappa shape index (κ2) is 8.88. The van der Waals surface area contributed by atoms with Crippen LogP contribution in [0.3, 0.4) is 0 Å². The standard InChI is InChI=1S/C20H17F3N6OS/c21-20(22,23)15-7-4-8-17(11-15)28(24-12-14-5-2-1-3-6-14)18(30)13-31-19-25-26-27-29(19)16-9-10-16/h1-8,11-12,16H,9-10,13H2/b24-12+. The van der Waals surface area contributed by atoms with Crippen LogP contribution in [-0.4, -0.2) is 38.1 Å². The van der Waals surface area contributed by atoms with E-state index in [4.69, 9.17) is 0 Å². The van der Waals surface area contributed by atoms with E-state index in [0.717, 1.165) is 41.7 Å². The van der Waals surface area contributed by atoms with Crippen molar-refractivity contribution in [3.05, 3.63) is 65.7 Å². The largest absolute Gasteiger partial charge is 0.416 e. The van der Waals surface area contributed by atoms with E-state index in [1.807, 2.05) is 6.07 Å². The molecule has 0 aliphatic heterocycles. The first-order chi connectivity index (χ1) is 14.9. The van der Waals surface area contributed by atoms with Crippen molar-refractivity contribution < 1.29 is 18.0 Å². The molecule has 160 valence electrons. The summed E-state index contributed by atoms with van der Waals surface area (Å²) < 4.78 is 41.2. The van der Waals surface area contributed by atoms with Gasteiger partial charge in [-0.05, 0) is 47.0 Å². The van der Waals surface area contributed by atoms with Crippen LogP contribution in [-0.2, 0) is 11.0 Å². The Kier molecular flexibility index (Phi) is 6.03. The summed E-state index contributed by atoms with van der Waals surface area (Å²) in [5.41, 5.74) is -0.130. The van der Waals surface area contributed by atoms with E-state index in [0.29, 0.717) is 10.7 Å². The molecular formula is C20H17F3N6OS. The first-order valence-electron chi connectivity index (χ1n) is 9.42. The summed E-state index contributed by atoms with van der Waals surface area (Å²) >= 11 is 1.12. The number of nitrogens with zero attached hydrogens (tertiary/aromatic N) is 6. The van der Waals surface area contributed by atoms with Gasteiger partial charge >= 0.3 is 6.18 Å². The number of alkyl halides is 3. The number of tetrazole rings is 1. The topological polar surface area (TPSA) is 76.3 Å². The van der Waals surface area contributed by atoms with Gasteiger partial charge in [-0.15, -0.1) is 5.10 Å². The number of hydrazone groups is 1. The summed E-state index contributed by atoms with van der Waals surface area (Å²) in [6, 6.07) is 13.7. The Labute approximate surface area is 179 Å². The predicted molar refractivity (Wildman–Crippen MR) is 110 cm³/mol. The number of hydrogen-bond donors (Lipinski definition) is 0. The number of carbonyl (C=O) groups excluding carboxylic acids is 1. The van der Waals surface area contributed by atoms with Crippen molar-refractivity contribution in [2.45, 2.75) is 30.2 Å². The summed E-state index contributed by atoms with van der Waals surface area (Å²) in [5.74, 6) is -0.586. The van der Waals surface area contributed by atoms with E-state index < -0.39 is 17.6 Å². The average Bonchev–Trinajstić information content (AvgIpc) is 3.50. The summed E-state index contributed by atoms with van der Waals surface area (Å²) in [5, 5.41) is 17.1. The van der Waals surface area contributed by atoms with Gasteiger partial charge in [-0.3, -0.25) is 4.79 Å². The van der Waals surface area contributed by atoms with Crippen molar-refractivity contribution >= 4 is 29.6 Å². The van der Waals surface area contributed by atoms with Crippen molar-refractivity contribution in [2.75, 3.05) is 10.8 Å². The third kappa shape index (κ3) is 5.29. The number of anilines is 1. The zero-order valence-corrected chi connectivity index (χ0v) is 16.9. The van der Waals surface area contributed by atoms with Gasteiger partial charge in [-0.1, -0.05) is 48.2 Å². The molecule has 1 aromatic heterocycles. The van der Waals surface area contributed by atoms with Gasteiger partial charge in [0, 0.05) is 0 Å². The number of benzene rings is 2. The molecule has 1 amide bonds. The Morgan fingerprint density at radius 2 is 1.97 bits per heavy atom. The molecule has 1 saturated carbocycles. The fourth-order valence-corrected chi connectivity index (χ4v) is 3.56. The van der Waals surface area contributed by atoms with Crippen molar-refractivity contribution in [3.8, 4) is 0 Å². The van der Waals surface area contributed by atoms with Crippen molar-refractivity contribution in [2.24, 2.45) is 5.10 Å². The highest BCUT2D eigenvalue weighted by Gasteiger charge is 2.32. The lowest BCUT2D eigenvalue weighted by molar-refractivity contribution is -0.137. The molecule has 4 rings (SSSR count). The number of thioether (sulfide) groups is 1. The van der Waals surface area contributed by atoms with Gasteiger partial charge in [0.05, 0.1) is 29.3 Å². The molecule has 7 nitrogen and oxygen atoms in total. The van der Waals surface area contributed by atoms with Crippen LogP contribution >= 0.6 is 11.8 Å². The number of halogens is 3. The van der Waals surface area contributed by atoms with Gasteiger partial charge in [0.15, 0.2) is 0 Å². The lowest BCUT2D eigenvalue weighted by Gasteiger charge is -2.18. The molecule has 0 saturated heterocycles. The van der Waals surface area contributed by atoms with E-state index >= 15 is 0 Å². The molecule has 0 unspecified atom stereocenters. The van der Waals surface area contributed by atoms with E-state index in [1.165, 1.54) is 18.3 Å². The van der Waals surface area contributed by atoms with Gasteiger partial charge in [0.2, 0.25) is 5.16 Å². The van der Waals surface area contributed by atoms with Gasteiger partial charge < -0.3 is 0 Å². The molecule has 0 radical (unpaired) electrons. The molecule has 1 aliphatic carbocycles. The Morgan fingerprint density at radius 1 is 1.19 bits per heavy atom. The van der Waals surface area contributed by atoms with Crippen LogP contribution in [0.1, 0.15) is 30.0 Å². The first-order valence-corrected chi connectivity index (χ1v) is 10.4. The second-order valence-corrected chi connectivity index (χ2v) is 7.78. The molecule has 3 aromatic rings. The Bertz CT molecular complexity index is 1080. The molecule has 1 heterocycles. The molecule has 2 aromatic carbocycles. The monoisotopic (exact) mass is 446 g/mol. The molecule has 1 aliphatic rings. The average molecular weight is 446 g/mol. The lowest BCUT2D eigenvalue weighted by Crippen LogP contribution is -2.28. The number of rotatable bonds is 7. The van der Waals surface area contributed by atoms with Crippen LogP contribution in [0.25, 0.3) is 0 Å². The summed E-state index contributed by atoms with van der Waals surface area (Å²) in [7, 11) is 0. The summed E-state index contributed by atoms with van der Waals surface area (Å²) in [6.45, 7) is 0. The maximum atomic E-state index is 13.2. The van der Waals surface area contributed by atoms with Crippen molar-refractivity contribution in [1.29, 1.82) is 0 Å². The maximum Gasteiger partial charge on any atom is 0.416 e. The van der Waals surface area contributed by atoms with Gasteiger partial charge in [-0.2, -0.15) is 18.3 Å². The third-order valence-corrected chi connectivity index (χ3v) is 5.37. The van der Waals surface area contributed by atoms with Crippen LogP contribution in [0.2, 0.25) is 0 Å². The SMILES string of the molecule is O=C(CSc1nnnn1C1CC1)N(/N=C/c1ccccc1)c1cccc(C(F)(F)F)c1. The maximum absolute atomic E-state index is 13.2. The Balaban J connectivity index is 1.57. The zero-order chi connectivity index (χ0) is 21.8. The quantitative estimate of drug-likeness (QED) is 0.309. The number of hydrogen-bond acceptors (Lipinski definition) is 6.